The Bertz CT molecular complexity index is 479. The highest BCUT2D eigenvalue weighted by Crippen LogP contribution is 2.50. The van der Waals surface area contributed by atoms with Crippen LogP contribution in [0.15, 0.2) is 0 Å². The number of rotatable bonds is 12. The summed E-state index contributed by atoms with van der Waals surface area (Å²) in [7, 11) is 0. The Hall–Kier alpha value is -0.770. The predicted molar refractivity (Wildman–Crippen MR) is 111 cm³/mol. The highest BCUT2D eigenvalue weighted by molar-refractivity contribution is 5.68. The minimum absolute atomic E-state index is 0.156. The van der Waals surface area contributed by atoms with Crippen LogP contribution in [0.2, 0.25) is 0 Å². The van der Waals surface area contributed by atoms with Crippen LogP contribution < -0.4 is 0 Å². The summed E-state index contributed by atoms with van der Waals surface area (Å²) in [5, 5.41) is 35.4. The summed E-state index contributed by atoms with van der Waals surface area (Å²) in [5.74, 6) is -0.997. The van der Waals surface area contributed by atoms with Crippen molar-refractivity contribution in [3.8, 4) is 0 Å². The molecule has 8 heteroatoms. The lowest BCUT2D eigenvalue weighted by Crippen LogP contribution is -2.56. The average molecular weight is 416 g/mol. The van der Waals surface area contributed by atoms with Crippen LogP contribution in [-0.2, 0) is 4.79 Å². The lowest BCUT2D eigenvalue weighted by Gasteiger charge is -2.39. The first-order valence-electron chi connectivity index (χ1n) is 11.2. The molecule has 3 aliphatic heterocycles. The Labute approximate surface area is 175 Å². The summed E-state index contributed by atoms with van der Waals surface area (Å²) in [6.45, 7) is 11.1. The summed E-state index contributed by atoms with van der Waals surface area (Å²) in [4.78, 5) is 18.8. The minimum Gasteiger partial charge on any atom is -0.481 e. The fraction of sp³-hybridized carbons (Fsp3) is 0.952. The van der Waals surface area contributed by atoms with Crippen molar-refractivity contribution in [2.75, 3.05) is 39.5 Å². The molecular formula is C21H41N3O5. The molecule has 3 saturated heterocycles. The smallest absolute Gasteiger partial charge is 0.308 e. The van der Waals surface area contributed by atoms with Crippen molar-refractivity contribution in [2.24, 2.45) is 5.41 Å². The lowest BCUT2D eigenvalue weighted by molar-refractivity contribution is -0.146. The van der Waals surface area contributed by atoms with Crippen molar-refractivity contribution >= 4 is 5.97 Å². The molecule has 4 N–H and O–H groups in total. The molecule has 8 nitrogen and oxygen atoms in total. The normalized spacial score (nSPS) is 34.6. The van der Waals surface area contributed by atoms with Crippen molar-refractivity contribution in [3.63, 3.8) is 0 Å². The first-order chi connectivity index (χ1) is 13.8. The molecule has 3 rings (SSSR count). The van der Waals surface area contributed by atoms with Crippen molar-refractivity contribution in [3.05, 3.63) is 0 Å². The topological polar surface area (TPSA) is 107 Å². The standard InChI is InChI=1S/C15H27N3O2.C6H14O3/c1-4-11-8-16(11)15(7-14(19)20,17-9-12(17)5-2)18-10-13(18)6-3;1-2-6(3-7,4-8)5-9/h11-13H,4-10H2,1-3H3,(H,19,20);7-9H,2-5H2,1H3. The maximum atomic E-state index is 11.5. The summed E-state index contributed by atoms with van der Waals surface area (Å²) in [6.07, 6.45) is 4.19. The highest BCUT2D eigenvalue weighted by atomic mass is 16.4. The second-order valence-electron chi connectivity index (χ2n) is 8.82. The molecule has 3 heterocycles. The Morgan fingerprint density at radius 2 is 1.14 bits per heavy atom. The third kappa shape index (κ3) is 5.11. The van der Waals surface area contributed by atoms with Gasteiger partial charge >= 0.3 is 5.97 Å². The third-order valence-corrected chi connectivity index (χ3v) is 7.08. The number of aliphatic carboxylic acids is 1. The molecule has 6 unspecified atom stereocenters. The third-order valence-electron chi connectivity index (χ3n) is 7.08. The van der Waals surface area contributed by atoms with Crippen LogP contribution in [0.1, 0.15) is 59.8 Å². The first-order valence-corrected chi connectivity index (χ1v) is 11.2. The Morgan fingerprint density at radius 1 is 0.793 bits per heavy atom. The molecule has 3 aliphatic rings. The van der Waals surface area contributed by atoms with Crippen LogP contribution in [0.25, 0.3) is 0 Å². The van der Waals surface area contributed by atoms with E-state index in [1.807, 2.05) is 6.92 Å². The van der Waals surface area contributed by atoms with E-state index in [4.69, 9.17) is 15.3 Å². The quantitative estimate of drug-likeness (QED) is 0.346. The van der Waals surface area contributed by atoms with Gasteiger partial charge in [-0.05, 0) is 25.7 Å². The number of carboxylic acids is 1. The second kappa shape index (κ2) is 10.0. The van der Waals surface area contributed by atoms with Gasteiger partial charge in [0, 0.05) is 43.2 Å². The second-order valence-corrected chi connectivity index (χ2v) is 8.82. The van der Waals surface area contributed by atoms with Crippen molar-refractivity contribution < 1.29 is 25.2 Å². The van der Waals surface area contributed by atoms with E-state index < -0.39 is 11.4 Å². The molecule has 3 fully saturated rings. The van der Waals surface area contributed by atoms with Crippen LogP contribution in [0.3, 0.4) is 0 Å². The number of nitrogens with zero attached hydrogens (tertiary/aromatic N) is 3. The Morgan fingerprint density at radius 3 is 1.28 bits per heavy atom. The predicted octanol–water partition coefficient (Wildman–Crippen LogP) is 0.757. The molecule has 0 aromatic rings. The molecule has 0 spiro atoms. The zero-order valence-electron chi connectivity index (χ0n) is 18.5. The van der Waals surface area contributed by atoms with Gasteiger partial charge in [-0.3, -0.25) is 19.5 Å². The minimum atomic E-state index is -0.671. The molecular weight excluding hydrogens is 374 g/mol. The van der Waals surface area contributed by atoms with E-state index in [1.54, 1.807) is 0 Å². The van der Waals surface area contributed by atoms with Crippen LogP contribution >= 0.6 is 0 Å². The molecule has 29 heavy (non-hydrogen) atoms. The molecule has 0 saturated carbocycles. The van der Waals surface area contributed by atoms with Gasteiger partial charge in [0.15, 0.2) is 0 Å². The maximum Gasteiger partial charge on any atom is 0.308 e. The first kappa shape index (κ1) is 24.5. The fourth-order valence-corrected chi connectivity index (χ4v) is 4.39. The Balaban J connectivity index is 0.000000284. The fourth-order valence-electron chi connectivity index (χ4n) is 4.39. The summed E-state index contributed by atoms with van der Waals surface area (Å²) < 4.78 is 0. The van der Waals surface area contributed by atoms with E-state index in [9.17, 15) is 9.90 Å². The zero-order valence-corrected chi connectivity index (χ0v) is 18.5. The van der Waals surface area contributed by atoms with Gasteiger partial charge in [-0.25, -0.2) is 0 Å². The van der Waals surface area contributed by atoms with Gasteiger partial charge in [0.05, 0.1) is 26.2 Å². The van der Waals surface area contributed by atoms with Crippen molar-refractivity contribution in [1.29, 1.82) is 0 Å². The number of aliphatic hydroxyl groups excluding tert-OH is 3. The van der Waals surface area contributed by atoms with E-state index in [-0.39, 0.29) is 32.0 Å². The number of aliphatic hydroxyl groups is 3. The van der Waals surface area contributed by atoms with Crippen molar-refractivity contribution in [2.45, 2.75) is 83.7 Å². The molecule has 0 radical (unpaired) electrons. The maximum absolute atomic E-state index is 11.5. The highest BCUT2D eigenvalue weighted by Gasteiger charge is 2.66. The molecule has 6 atom stereocenters. The van der Waals surface area contributed by atoms with Gasteiger partial charge < -0.3 is 20.4 Å². The van der Waals surface area contributed by atoms with E-state index in [1.165, 1.54) is 0 Å². The van der Waals surface area contributed by atoms with Crippen LogP contribution in [0.5, 0.6) is 0 Å². The van der Waals surface area contributed by atoms with Gasteiger partial charge in [-0.1, -0.05) is 27.7 Å². The summed E-state index contributed by atoms with van der Waals surface area (Å²) in [5.41, 5.74) is -0.667. The molecule has 0 amide bonds. The van der Waals surface area contributed by atoms with Gasteiger partial charge in [-0.2, -0.15) is 0 Å². The number of carboxylic acid groups (broad SMARTS) is 1. The average Bonchev–Trinajstić information content (AvgIpc) is 3.61. The SMILES string of the molecule is CCC(CO)(CO)CO.CCC1CN1C(CC(=O)O)(N1CC1CC)N1CC1CC. The molecule has 0 aromatic carbocycles. The van der Waals surface area contributed by atoms with Crippen LogP contribution in [0, 0.1) is 5.41 Å². The molecule has 0 aromatic heterocycles. The van der Waals surface area contributed by atoms with Gasteiger partial charge in [0.1, 0.15) is 5.79 Å². The van der Waals surface area contributed by atoms with Gasteiger partial charge in [0.25, 0.3) is 0 Å². The van der Waals surface area contributed by atoms with Crippen LogP contribution in [0.4, 0.5) is 0 Å². The number of carbonyl (C=O) groups is 1. The van der Waals surface area contributed by atoms with Gasteiger partial charge in [-0.15, -0.1) is 0 Å². The Kier molecular flexibility index (Phi) is 8.47. The van der Waals surface area contributed by atoms with E-state index in [2.05, 4.69) is 35.5 Å². The molecule has 0 aliphatic carbocycles. The molecule has 0 bridgehead atoms. The van der Waals surface area contributed by atoms with E-state index >= 15 is 0 Å². The van der Waals surface area contributed by atoms with Gasteiger partial charge in [0.2, 0.25) is 0 Å². The monoisotopic (exact) mass is 415 g/mol. The van der Waals surface area contributed by atoms with E-state index in [0.717, 1.165) is 38.9 Å². The number of hydrogen-bond donors (Lipinski definition) is 4. The lowest BCUT2D eigenvalue weighted by atomic mass is 9.88. The van der Waals surface area contributed by atoms with Crippen molar-refractivity contribution in [1.82, 2.24) is 14.7 Å². The van der Waals surface area contributed by atoms with Crippen LogP contribution in [-0.4, -0.2) is 104 Å². The summed E-state index contributed by atoms with van der Waals surface area (Å²) >= 11 is 0. The largest absolute Gasteiger partial charge is 0.481 e. The zero-order chi connectivity index (χ0) is 21.8. The van der Waals surface area contributed by atoms with E-state index in [0.29, 0.717) is 24.5 Å². The number of hydrogen-bond acceptors (Lipinski definition) is 7. The molecule has 170 valence electrons. The summed E-state index contributed by atoms with van der Waals surface area (Å²) in [6, 6.07) is 1.72.